The highest BCUT2D eigenvalue weighted by molar-refractivity contribution is 7.25. The zero-order valence-electron chi connectivity index (χ0n) is 26.9. The minimum Gasteiger partial charge on any atom is -0.309 e. The minimum absolute atomic E-state index is 0.647. The summed E-state index contributed by atoms with van der Waals surface area (Å²) in [4.78, 5) is 15.2. The molecule has 10 rings (SSSR count). The maximum Gasteiger partial charge on any atom is 0.164 e. The molecule has 0 fully saturated rings. The Hall–Kier alpha value is -6.43. The summed E-state index contributed by atoms with van der Waals surface area (Å²) in [5.41, 5.74) is 8.65. The van der Waals surface area contributed by atoms with Crippen LogP contribution >= 0.6 is 11.3 Å². The van der Waals surface area contributed by atoms with Gasteiger partial charge in [-0.05, 0) is 35.9 Å². The minimum atomic E-state index is 0.647. The predicted molar refractivity (Wildman–Crippen MR) is 209 cm³/mol. The van der Waals surface area contributed by atoms with Crippen molar-refractivity contribution >= 4 is 53.3 Å². The van der Waals surface area contributed by atoms with Crippen molar-refractivity contribution in [1.29, 1.82) is 0 Å². The molecule has 0 saturated heterocycles. The van der Waals surface area contributed by atoms with Crippen molar-refractivity contribution < 1.29 is 0 Å². The van der Waals surface area contributed by atoms with Crippen LogP contribution in [0.3, 0.4) is 0 Å². The van der Waals surface area contributed by atoms with Crippen LogP contribution in [-0.4, -0.2) is 19.5 Å². The number of hydrogen-bond donors (Lipinski definition) is 0. The molecule has 3 aromatic heterocycles. The summed E-state index contributed by atoms with van der Waals surface area (Å²) in [7, 11) is 0. The molecule has 10 aromatic rings. The van der Waals surface area contributed by atoms with E-state index < -0.39 is 0 Å². The molecular formula is C45H28N4S. The molecule has 234 valence electrons. The van der Waals surface area contributed by atoms with E-state index in [1.54, 1.807) is 0 Å². The molecule has 0 unspecified atom stereocenters. The third-order valence-corrected chi connectivity index (χ3v) is 10.6. The summed E-state index contributed by atoms with van der Waals surface area (Å²) in [6, 6.07) is 59.6. The van der Waals surface area contributed by atoms with Crippen LogP contribution in [0.25, 0.3) is 93.0 Å². The number of para-hydroxylation sites is 2. The number of thiophene rings is 1. The van der Waals surface area contributed by atoms with Crippen molar-refractivity contribution in [3.05, 3.63) is 170 Å². The first-order valence-corrected chi connectivity index (χ1v) is 17.5. The van der Waals surface area contributed by atoms with E-state index in [-0.39, 0.29) is 0 Å². The standard InChI is InChI=1S/C45H28N4S/c1-3-15-29(16-4-1)43-46-44(30-17-5-2-6-18-30)48-45(47-43)35-23-13-26-38-41(35)33-20-8-11-25-37(33)49(38)36-24-10-7-19-31(36)32-22-14-28-40-42(32)34-21-9-12-27-39(34)50-40/h1-28H. The molecule has 0 amide bonds. The quantitative estimate of drug-likeness (QED) is 0.185. The molecule has 0 aliphatic heterocycles. The van der Waals surface area contributed by atoms with E-state index in [9.17, 15) is 0 Å². The maximum absolute atomic E-state index is 5.13. The van der Waals surface area contributed by atoms with Crippen molar-refractivity contribution in [3.8, 4) is 51.0 Å². The second-order valence-electron chi connectivity index (χ2n) is 12.4. The highest BCUT2D eigenvalue weighted by Crippen LogP contribution is 2.44. The predicted octanol–water partition coefficient (Wildman–Crippen LogP) is 12.0. The van der Waals surface area contributed by atoms with Gasteiger partial charge in [-0.2, -0.15) is 0 Å². The second kappa shape index (κ2) is 11.6. The Kier molecular flexibility index (Phi) is 6.64. The second-order valence-corrected chi connectivity index (χ2v) is 13.5. The smallest absolute Gasteiger partial charge is 0.164 e. The average Bonchev–Trinajstić information content (AvgIpc) is 3.74. The first kappa shape index (κ1) is 28.6. The molecule has 50 heavy (non-hydrogen) atoms. The Bertz CT molecular complexity index is 2810. The number of aromatic nitrogens is 4. The molecular weight excluding hydrogens is 629 g/mol. The highest BCUT2D eigenvalue weighted by Gasteiger charge is 2.21. The SMILES string of the molecule is c1ccc(-c2nc(-c3ccccc3)nc(-c3cccc4c3c3ccccc3n4-c3ccccc3-c3cccc4sc5ccccc5c34)n2)cc1. The lowest BCUT2D eigenvalue weighted by Crippen LogP contribution is -2.00. The fourth-order valence-corrected chi connectivity index (χ4v) is 8.42. The van der Waals surface area contributed by atoms with Crippen LogP contribution in [0.1, 0.15) is 0 Å². The van der Waals surface area contributed by atoms with Gasteiger partial charge in [0.25, 0.3) is 0 Å². The third-order valence-electron chi connectivity index (χ3n) is 9.48. The molecule has 7 aromatic carbocycles. The van der Waals surface area contributed by atoms with Gasteiger partial charge in [-0.25, -0.2) is 15.0 Å². The molecule has 0 aliphatic rings. The molecule has 3 heterocycles. The van der Waals surface area contributed by atoms with Crippen LogP contribution in [0.2, 0.25) is 0 Å². The topological polar surface area (TPSA) is 43.6 Å². The lowest BCUT2D eigenvalue weighted by atomic mass is 9.98. The Labute approximate surface area is 292 Å². The largest absolute Gasteiger partial charge is 0.309 e. The monoisotopic (exact) mass is 656 g/mol. The highest BCUT2D eigenvalue weighted by atomic mass is 32.1. The van der Waals surface area contributed by atoms with Gasteiger partial charge in [-0.1, -0.05) is 140 Å². The van der Waals surface area contributed by atoms with Crippen LogP contribution in [0, 0.1) is 0 Å². The van der Waals surface area contributed by atoms with Crippen LogP contribution in [-0.2, 0) is 0 Å². The number of nitrogens with zero attached hydrogens (tertiary/aromatic N) is 4. The zero-order valence-corrected chi connectivity index (χ0v) is 27.7. The molecule has 0 saturated carbocycles. The van der Waals surface area contributed by atoms with Crippen molar-refractivity contribution in [2.24, 2.45) is 0 Å². The Balaban J connectivity index is 1.25. The van der Waals surface area contributed by atoms with Crippen molar-refractivity contribution in [2.75, 3.05) is 0 Å². The summed E-state index contributed by atoms with van der Waals surface area (Å²) in [5, 5.41) is 4.85. The fraction of sp³-hybridized carbons (Fsp3) is 0. The summed E-state index contributed by atoms with van der Waals surface area (Å²) < 4.78 is 5.01. The fourth-order valence-electron chi connectivity index (χ4n) is 7.29. The van der Waals surface area contributed by atoms with Crippen molar-refractivity contribution in [2.45, 2.75) is 0 Å². The first-order chi connectivity index (χ1) is 24.8. The molecule has 4 nitrogen and oxygen atoms in total. The van der Waals surface area contributed by atoms with E-state index in [1.165, 1.54) is 31.3 Å². The lowest BCUT2D eigenvalue weighted by molar-refractivity contribution is 1.08. The Morgan fingerprint density at radius 2 is 0.900 bits per heavy atom. The van der Waals surface area contributed by atoms with Crippen molar-refractivity contribution in [3.63, 3.8) is 0 Å². The van der Waals surface area contributed by atoms with Gasteiger partial charge < -0.3 is 4.57 Å². The van der Waals surface area contributed by atoms with Crippen molar-refractivity contribution in [1.82, 2.24) is 19.5 Å². The van der Waals surface area contributed by atoms with Gasteiger partial charge in [0, 0.05) is 53.2 Å². The molecule has 0 bridgehead atoms. The molecule has 0 N–H and O–H groups in total. The third kappa shape index (κ3) is 4.55. The van der Waals surface area contributed by atoms with Gasteiger partial charge in [0.15, 0.2) is 17.5 Å². The van der Waals surface area contributed by atoms with Crippen LogP contribution in [0.15, 0.2) is 170 Å². The lowest BCUT2D eigenvalue weighted by Gasteiger charge is -2.15. The summed E-state index contributed by atoms with van der Waals surface area (Å²) in [6.45, 7) is 0. The number of rotatable bonds is 5. The van der Waals surface area contributed by atoms with E-state index in [2.05, 4.69) is 138 Å². The molecule has 0 atom stereocenters. The average molecular weight is 657 g/mol. The van der Waals surface area contributed by atoms with E-state index >= 15 is 0 Å². The van der Waals surface area contributed by atoms with Gasteiger partial charge >= 0.3 is 0 Å². The van der Waals surface area contributed by atoms with Gasteiger partial charge in [-0.3, -0.25) is 0 Å². The van der Waals surface area contributed by atoms with Gasteiger partial charge in [-0.15, -0.1) is 11.3 Å². The van der Waals surface area contributed by atoms with E-state index in [0.29, 0.717) is 17.5 Å². The van der Waals surface area contributed by atoms with Gasteiger partial charge in [0.05, 0.1) is 16.7 Å². The molecule has 0 spiro atoms. The van der Waals surface area contributed by atoms with E-state index in [0.717, 1.165) is 44.2 Å². The van der Waals surface area contributed by atoms with E-state index in [1.807, 2.05) is 47.7 Å². The van der Waals surface area contributed by atoms with Gasteiger partial charge in [0.2, 0.25) is 0 Å². The number of fused-ring (bicyclic) bond motifs is 6. The first-order valence-electron chi connectivity index (χ1n) is 16.7. The van der Waals surface area contributed by atoms with E-state index in [4.69, 9.17) is 15.0 Å². The molecule has 0 radical (unpaired) electrons. The molecule has 5 heteroatoms. The maximum atomic E-state index is 5.13. The summed E-state index contributed by atoms with van der Waals surface area (Å²) in [5.74, 6) is 1.95. The van der Waals surface area contributed by atoms with Crippen LogP contribution < -0.4 is 0 Å². The summed E-state index contributed by atoms with van der Waals surface area (Å²) >= 11 is 1.85. The van der Waals surface area contributed by atoms with Gasteiger partial charge in [0.1, 0.15) is 0 Å². The normalized spacial score (nSPS) is 11.6. The number of hydrogen-bond acceptors (Lipinski definition) is 4. The number of benzene rings is 7. The van der Waals surface area contributed by atoms with Crippen LogP contribution in [0.5, 0.6) is 0 Å². The van der Waals surface area contributed by atoms with Crippen LogP contribution in [0.4, 0.5) is 0 Å². The Morgan fingerprint density at radius 1 is 0.360 bits per heavy atom. The molecule has 0 aliphatic carbocycles. The zero-order chi connectivity index (χ0) is 33.0. The summed E-state index contributed by atoms with van der Waals surface area (Å²) in [6.07, 6.45) is 0. The Morgan fingerprint density at radius 3 is 1.68 bits per heavy atom.